The molecule has 0 aromatic heterocycles. The molecule has 0 atom stereocenters. The van der Waals surface area contributed by atoms with E-state index in [1.807, 2.05) is 0 Å². The van der Waals surface area contributed by atoms with Gasteiger partial charge in [-0.1, -0.05) is 6.92 Å². The van der Waals surface area contributed by atoms with Crippen LogP contribution in [0, 0.1) is 0 Å². The average Bonchev–Trinajstić information content (AvgIpc) is 2.54. The van der Waals surface area contributed by atoms with Crippen molar-refractivity contribution in [1.82, 2.24) is 4.90 Å². The highest BCUT2D eigenvalue weighted by Crippen LogP contribution is 2.24. The van der Waals surface area contributed by atoms with Crippen LogP contribution in [0.4, 0.5) is 0 Å². The van der Waals surface area contributed by atoms with Crippen LogP contribution in [-0.4, -0.2) is 48.8 Å². The lowest BCUT2D eigenvalue weighted by Gasteiger charge is -2.42. The fraction of sp³-hybridized carbons (Fsp3) is 1.00. The van der Waals surface area contributed by atoms with Gasteiger partial charge in [0.25, 0.3) is 0 Å². The predicted octanol–water partition coefficient (Wildman–Crippen LogP) is 1.67. The Morgan fingerprint density at radius 3 is 2.46 bits per heavy atom. The molecule has 0 amide bonds. The molecule has 0 aromatic carbocycles. The van der Waals surface area contributed by atoms with Gasteiger partial charge in [0, 0.05) is 32.4 Å². The number of hydrogen-bond acceptors (Lipinski definition) is 1. The van der Waals surface area contributed by atoms with Crippen LogP contribution in [0.3, 0.4) is 0 Å². The minimum Gasteiger partial charge on any atom is -0.311 e. The Hall–Kier alpha value is -0.0800. The maximum atomic E-state index is 2.68. The standard InChI is InChI=1S/C11H23N2/c1-2-6-12-7-5-10-13(11-12)8-3-4-9-13/h2-11H2,1H3/q+1. The molecule has 2 aliphatic heterocycles. The maximum Gasteiger partial charge on any atom is 0.135 e. The van der Waals surface area contributed by atoms with E-state index in [1.54, 1.807) is 0 Å². The number of quaternary nitrogens is 1. The maximum absolute atomic E-state index is 2.68. The van der Waals surface area contributed by atoms with E-state index in [9.17, 15) is 0 Å². The SMILES string of the molecule is CCCN1CCC[N+]2(CCCC2)C1. The third-order valence-corrected chi connectivity index (χ3v) is 3.66. The largest absolute Gasteiger partial charge is 0.311 e. The Bertz CT molecular complexity index is 159. The molecule has 0 unspecified atom stereocenters. The van der Waals surface area contributed by atoms with E-state index in [0.717, 1.165) is 0 Å². The molecule has 0 aromatic rings. The molecule has 13 heavy (non-hydrogen) atoms. The van der Waals surface area contributed by atoms with E-state index in [0.29, 0.717) is 0 Å². The Balaban J connectivity index is 1.90. The Morgan fingerprint density at radius 1 is 1.08 bits per heavy atom. The highest BCUT2D eigenvalue weighted by atomic mass is 15.5. The van der Waals surface area contributed by atoms with Crippen molar-refractivity contribution in [2.75, 3.05) is 39.4 Å². The van der Waals surface area contributed by atoms with E-state index in [1.165, 1.54) is 69.6 Å². The van der Waals surface area contributed by atoms with Crippen LogP contribution in [0.25, 0.3) is 0 Å². The first-order valence-corrected chi connectivity index (χ1v) is 5.92. The van der Waals surface area contributed by atoms with E-state index in [4.69, 9.17) is 0 Å². The van der Waals surface area contributed by atoms with Crippen molar-refractivity contribution < 1.29 is 4.48 Å². The number of nitrogens with zero attached hydrogens (tertiary/aromatic N) is 2. The second-order valence-corrected chi connectivity index (χ2v) is 4.83. The van der Waals surface area contributed by atoms with Crippen molar-refractivity contribution in [3.8, 4) is 0 Å². The molecule has 2 rings (SSSR count). The fourth-order valence-corrected chi connectivity index (χ4v) is 3.07. The van der Waals surface area contributed by atoms with E-state index >= 15 is 0 Å². The van der Waals surface area contributed by atoms with Crippen LogP contribution in [0.5, 0.6) is 0 Å². The van der Waals surface area contributed by atoms with Crippen molar-refractivity contribution in [2.24, 2.45) is 0 Å². The lowest BCUT2D eigenvalue weighted by molar-refractivity contribution is -0.931. The van der Waals surface area contributed by atoms with Crippen molar-refractivity contribution in [1.29, 1.82) is 0 Å². The zero-order chi connectivity index (χ0) is 9.15. The van der Waals surface area contributed by atoms with Crippen LogP contribution in [0.1, 0.15) is 32.6 Å². The van der Waals surface area contributed by atoms with Gasteiger partial charge in [-0.3, -0.25) is 4.90 Å². The van der Waals surface area contributed by atoms with Crippen molar-refractivity contribution >= 4 is 0 Å². The van der Waals surface area contributed by atoms with Crippen LogP contribution in [-0.2, 0) is 0 Å². The van der Waals surface area contributed by atoms with Gasteiger partial charge in [-0.05, 0) is 6.42 Å². The van der Waals surface area contributed by atoms with Crippen molar-refractivity contribution in [3.63, 3.8) is 0 Å². The second kappa shape index (κ2) is 3.97. The summed E-state index contributed by atoms with van der Waals surface area (Å²) in [6.45, 7) is 10.7. The van der Waals surface area contributed by atoms with Crippen LogP contribution in [0.15, 0.2) is 0 Å². The Kier molecular flexibility index (Phi) is 2.89. The molecule has 0 bridgehead atoms. The van der Waals surface area contributed by atoms with E-state index in [2.05, 4.69) is 11.8 Å². The topological polar surface area (TPSA) is 3.24 Å². The third-order valence-electron chi connectivity index (χ3n) is 3.66. The first-order valence-electron chi connectivity index (χ1n) is 5.92. The lowest BCUT2D eigenvalue weighted by atomic mass is 10.2. The summed E-state index contributed by atoms with van der Waals surface area (Å²) in [5.41, 5.74) is 0. The summed E-state index contributed by atoms with van der Waals surface area (Å²) in [4.78, 5) is 2.68. The molecular weight excluding hydrogens is 160 g/mol. The zero-order valence-electron chi connectivity index (χ0n) is 8.97. The smallest absolute Gasteiger partial charge is 0.135 e. The fourth-order valence-electron chi connectivity index (χ4n) is 3.07. The summed E-state index contributed by atoms with van der Waals surface area (Å²) in [6, 6.07) is 0. The van der Waals surface area contributed by atoms with Gasteiger partial charge in [-0.25, -0.2) is 0 Å². The normalized spacial score (nSPS) is 28.4. The highest BCUT2D eigenvalue weighted by molar-refractivity contribution is 4.63. The second-order valence-electron chi connectivity index (χ2n) is 4.83. The van der Waals surface area contributed by atoms with Crippen LogP contribution < -0.4 is 0 Å². The minimum absolute atomic E-state index is 1.32. The first-order chi connectivity index (χ1) is 6.35. The lowest BCUT2D eigenvalue weighted by Crippen LogP contribution is -2.57. The molecule has 2 heteroatoms. The highest BCUT2D eigenvalue weighted by Gasteiger charge is 2.35. The summed E-state index contributed by atoms with van der Waals surface area (Å²) in [7, 11) is 0. The van der Waals surface area contributed by atoms with Gasteiger partial charge >= 0.3 is 0 Å². The quantitative estimate of drug-likeness (QED) is 0.589. The van der Waals surface area contributed by atoms with Gasteiger partial charge in [-0.15, -0.1) is 0 Å². The van der Waals surface area contributed by atoms with Gasteiger partial charge < -0.3 is 4.48 Å². The molecule has 2 nitrogen and oxygen atoms in total. The molecule has 0 saturated carbocycles. The van der Waals surface area contributed by atoms with Gasteiger partial charge in [0.2, 0.25) is 0 Å². The monoisotopic (exact) mass is 183 g/mol. The molecule has 0 aliphatic carbocycles. The molecule has 2 aliphatic rings. The Labute approximate surface area is 82.1 Å². The molecule has 2 fully saturated rings. The Morgan fingerprint density at radius 2 is 1.77 bits per heavy atom. The molecule has 2 heterocycles. The summed E-state index contributed by atoms with van der Waals surface area (Å²) >= 11 is 0. The van der Waals surface area contributed by atoms with E-state index in [-0.39, 0.29) is 0 Å². The minimum atomic E-state index is 1.32. The summed E-state index contributed by atoms with van der Waals surface area (Å²) < 4.78 is 1.43. The average molecular weight is 183 g/mol. The van der Waals surface area contributed by atoms with Gasteiger partial charge in [0.15, 0.2) is 0 Å². The van der Waals surface area contributed by atoms with E-state index < -0.39 is 0 Å². The van der Waals surface area contributed by atoms with Gasteiger partial charge in [0.05, 0.1) is 19.6 Å². The van der Waals surface area contributed by atoms with Crippen molar-refractivity contribution in [3.05, 3.63) is 0 Å². The molecule has 76 valence electrons. The van der Waals surface area contributed by atoms with Crippen LogP contribution in [0.2, 0.25) is 0 Å². The molecule has 0 N–H and O–H groups in total. The van der Waals surface area contributed by atoms with Crippen molar-refractivity contribution in [2.45, 2.75) is 32.6 Å². The number of rotatable bonds is 2. The summed E-state index contributed by atoms with van der Waals surface area (Å²) in [6.07, 6.45) is 5.69. The molecular formula is C11H23N2+. The molecule has 0 radical (unpaired) electrons. The molecule has 2 saturated heterocycles. The first kappa shape index (κ1) is 9.47. The van der Waals surface area contributed by atoms with Gasteiger partial charge in [0.1, 0.15) is 6.67 Å². The van der Waals surface area contributed by atoms with Crippen LogP contribution >= 0.6 is 0 Å². The summed E-state index contributed by atoms with van der Waals surface area (Å²) in [5.74, 6) is 0. The number of hydrogen-bond donors (Lipinski definition) is 0. The predicted molar refractivity (Wildman–Crippen MR) is 55.4 cm³/mol. The molecule has 1 spiro atoms. The third kappa shape index (κ3) is 2.05. The zero-order valence-corrected chi connectivity index (χ0v) is 8.97. The summed E-state index contributed by atoms with van der Waals surface area (Å²) in [5, 5.41) is 0. The van der Waals surface area contributed by atoms with Gasteiger partial charge in [-0.2, -0.15) is 0 Å².